The highest BCUT2D eigenvalue weighted by atomic mass is 16.4. The number of rotatable bonds is 25. The third kappa shape index (κ3) is 17.1. The number of carbonyl (C=O) groups is 9. The van der Waals surface area contributed by atoms with Crippen LogP contribution < -0.4 is 21.3 Å². The van der Waals surface area contributed by atoms with E-state index in [1.165, 1.54) is 17.0 Å². The molecule has 0 aliphatic carbocycles. The van der Waals surface area contributed by atoms with Crippen molar-refractivity contribution in [1.29, 1.82) is 0 Å². The zero-order valence-electron chi connectivity index (χ0n) is 26.1. The lowest BCUT2D eigenvalue weighted by atomic mass is 10.1. The van der Waals surface area contributed by atoms with Gasteiger partial charge in [-0.1, -0.05) is 0 Å². The van der Waals surface area contributed by atoms with Gasteiger partial charge in [0.1, 0.15) is 43.6 Å². The smallest absolute Gasteiger partial charge is 0.326 e. The fraction of sp³-hybridized carbons (Fsp3) is 0.556. The minimum Gasteiger partial charge on any atom is -0.481 e. The molecule has 0 aromatic carbocycles. The Morgan fingerprint density at radius 3 is 1.73 bits per heavy atom. The van der Waals surface area contributed by atoms with Crippen LogP contribution in [0.2, 0.25) is 0 Å². The van der Waals surface area contributed by atoms with E-state index in [0.717, 1.165) is 0 Å². The van der Waals surface area contributed by atoms with Gasteiger partial charge in [0.05, 0.1) is 6.54 Å². The van der Waals surface area contributed by atoms with E-state index in [9.17, 15) is 53.4 Å². The molecule has 3 atom stereocenters. The number of nitrogens with zero attached hydrogens (tertiary/aromatic N) is 3. The summed E-state index contributed by atoms with van der Waals surface area (Å²) in [6.45, 7) is -1.42. The maximum absolute atomic E-state index is 12.5. The maximum atomic E-state index is 12.5. The van der Waals surface area contributed by atoms with Crippen molar-refractivity contribution < 1.29 is 73.8 Å². The van der Waals surface area contributed by atoms with E-state index in [2.05, 4.69) is 15.6 Å². The van der Waals surface area contributed by atoms with E-state index in [0.29, 0.717) is 30.1 Å². The van der Waals surface area contributed by atoms with E-state index < -0.39 is 111 Å². The molecule has 10 N–H and O–H groups in total. The Morgan fingerprint density at radius 1 is 0.694 bits per heavy atom. The summed E-state index contributed by atoms with van der Waals surface area (Å²) in [5.41, 5.74) is 0. The van der Waals surface area contributed by atoms with Crippen molar-refractivity contribution in [3.8, 4) is 0 Å². The van der Waals surface area contributed by atoms with Gasteiger partial charge in [-0.15, -0.1) is 0 Å². The van der Waals surface area contributed by atoms with Crippen LogP contribution in [-0.4, -0.2) is 137 Å². The molecule has 0 saturated heterocycles. The van der Waals surface area contributed by atoms with Crippen LogP contribution in [0.25, 0.3) is 0 Å². The molecule has 0 unspecified atom stereocenters. The predicted molar refractivity (Wildman–Crippen MR) is 160 cm³/mol. The van der Waals surface area contributed by atoms with E-state index in [1.807, 2.05) is 10.6 Å². The standard InChI is InChI=1S/C27H39N7O15/c35-19(6-4-16(25(45)46)31-27(49)32-17(26(47)48)5-7-21(37)38)30-15(24(43)44)3-1-2-8-28-11-18-29-9-10-33(18)12-20(36)34(13-22(39)40)14-23(41)42/h9-10,15-17,28H,1-8,11-14H2,(H,30,35)(H,37,38)(H,39,40)(H,41,42)(H,43,44)(H,45,46)(H,47,48)(H2,31,32,49)/t15-,16-,17-/m0/s1. The number of carboxylic acid groups (broad SMARTS) is 6. The van der Waals surface area contributed by atoms with Crippen LogP contribution in [0.5, 0.6) is 0 Å². The van der Waals surface area contributed by atoms with Crippen molar-refractivity contribution in [3.63, 3.8) is 0 Å². The number of nitrogens with one attached hydrogen (secondary N) is 4. The average molecular weight is 702 g/mol. The molecule has 4 amide bonds. The summed E-state index contributed by atoms with van der Waals surface area (Å²) in [7, 11) is 0. The third-order valence-electron chi connectivity index (χ3n) is 6.64. The SMILES string of the molecule is O=C(O)CC[C@H](NC(=O)N[C@@H](CCC(=O)N[C@@H](CCCCNCc1nccn1CC(=O)N(CC(=O)O)CC(=O)O)C(=O)O)C(=O)O)C(=O)O. The van der Waals surface area contributed by atoms with Crippen molar-refractivity contribution in [2.24, 2.45) is 0 Å². The molecule has 0 aliphatic heterocycles. The first-order valence-electron chi connectivity index (χ1n) is 14.7. The lowest BCUT2D eigenvalue weighted by Gasteiger charge is -2.19. The zero-order chi connectivity index (χ0) is 37.1. The van der Waals surface area contributed by atoms with Crippen LogP contribution in [0, 0.1) is 0 Å². The number of carbonyl (C=O) groups excluding carboxylic acids is 3. The molecule has 1 aromatic heterocycles. The molecule has 1 aromatic rings. The number of urea groups is 1. The van der Waals surface area contributed by atoms with Crippen molar-refractivity contribution in [2.45, 2.75) is 76.2 Å². The molecule has 0 fully saturated rings. The largest absolute Gasteiger partial charge is 0.481 e. The highest BCUT2D eigenvalue weighted by molar-refractivity contribution is 5.88. The Morgan fingerprint density at radius 2 is 1.22 bits per heavy atom. The van der Waals surface area contributed by atoms with Crippen LogP contribution >= 0.6 is 0 Å². The van der Waals surface area contributed by atoms with Crippen molar-refractivity contribution >= 4 is 53.7 Å². The molecular formula is C27H39N7O15. The third-order valence-corrected chi connectivity index (χ3v) is 6.64. The molecule has 0 spiro atoms. The summed E-state index contributed by atoms with van der Waals surface area (Å²) in [4.78, 5) is 109. The summed E-state index contributed by atoms with van der Waals surface area (Å²) in [5.74, 6) is -9.69. The van der Waals surface area contributed by atoms with E-state index in [4.69, 9.17) is 20.4 Å². The molecule has 49 heavy (non-hydrogen) atoms. The second-order valence-electron chi connectivity index (χ2n) is 10.5. The normalized spacial score (nSPS) is 12.5. The molecule has 1 heterocycles. The molecule has 272 valence electrons. The Bertz CT molecular complexity index is 1350. The van der Waals surface area contributed by atoms with Crippen molar-refractivity contribution in [1.82, 2.24) is 35.7 Å². The first kappa shape index (κ1) is 41.2. The summed E-state index contributed by atoms with van der Waals surface area (Å²) in [6, 6.07) is -5.81. The second-order valence-corrected chi connectivity index (χ2v) is 10.5. The van der Waals surface area contributed by atoms with Crippen LogP contribution in [-0.2, 0) is 51.4 Å². The van der Waals surface area contributed by atoms with Gasteiger partial charge in [-0.3, -0.25) is 24.0 Å². The molecular weight excluding hydrogens is 662 g/mol. The number of aromatic nitrogens is 2. The van der Waals surface area contributed by atoms with E-state index in [-0.39, 0.29) is 19.5 Å². The zero-order valence-corrected chi connectivity index (χ0v) is 26.1. The summed E-state index contributed by atoms with van der Waals surface area (Å²) >= 11 is 0. The van der Waals surface area contributed by atoms with Gasteiger partial charge in [0, 0.05) is 25.2 Å². The van der Waals surface area contributed by atoms with Crippen LogP contribution in [0.4, 0.5) is 4.79 Å². The average Bonchev–Trinajstić information content (AvgIpc) is 3.43. The number of hydrogen-bond acceptors (Lipinski definition) is 11. The van der Waals surface area contributed by atoms with E-state index >= 15 is 0 Å². The van der Waals surface area contributed by atoms with Gasteiger partial charge < -0.3 is 61.4 Å². The second kappa shape index (κ2) is 21.1. The lowest BCUT2D eigenvalue weighted by molar-refractivity contribution is -0.149. The Hall–Kier alpha value is -5.80. The van der Waals surface area contributed by atoms with Gasteiger partial charge in [0.25, 0.3) is 0 Å². The van der Waals surface area contributed by atoms with Crippen molar-refractivity contribution in [3.05, 3.63) is 18.2 Å². The van der Waals surface area contributed by atoms with Gasteiger partial charge in [0.15, 0.2) is 0 Å². The topological polar surface area (TPSA) is 344 Å². The number of carboxylic acids is 6. The number of aliphatic carboxylic acids is 6. The van der Waals surface area contributed by atoms with Gasteiger partial charge in [-0.25, -0.2) is 24.2 Å². The lowest BCUT2D eigenvalue weighted by Crippen LogP contribution is -2.51. The maximum Gasteiger partial charge on any atom is 0.326 e. The molecule has 1 rings (SSSR count). The number of hydrogen-bond donors (Lipinski definition) is 10. The quantitative estimate of drug-likeness (QED) is 0.0473. The van der Waals surface area contributed by atoms with Crippen LogP contribution in [0.15, 0.2) is 12.4 Å². The Balaban J connectivity index is 2.52. The van der Waals surface area contributed by atoms with Gasteiger partial charge in [-0.2, -0.15) is 0 Å². The van der Waals surface area contributed by atoms with Gasteiger partial charge in [-0.05, 0) is 38.6 Å². The highest BCUT2D eigenvalue weighted by Crippen LogP contribution is 2.06. The Kier molecular flexibility index (Phi) is 17.8. The summed E-state index contributed by atoms with van der Waals surface area (Å²) in [6.07, 6.45) is 1.59. The minimum absolute atomic E-state index is 0.00477. The first-order valence-corrected chi connectivity index (χ1v) is 14.7. The van der Waals surface area contributed by atoms with Gasteiger partial charge >= 0.3 is 41.8 Å². The Labute approximate surface area is 277 Å². The first-order chi connectivity index (χ1) is 23.0. The fourth-order valence-electron chi connectivity index (χ4n) is 4.19. The number of amides is 4. The summed E-state index contributed by atoms with van der Waals surface area (Å²) in [5, 5.41) is 63.8. The molecule has 0 aliphatic rings. The molecule has 0 radical (unpaired) electrons. The summed E-state index contributed by atoms with van der Waals surface area (Å²) < 4.78 is 1.41. The minimum atomic E-state index is -1.66. The molecule has 22 nitrogen and oxygen atoms in total. The van der Waals surface area contributed by atoms with Crippen LogP contribution in [0.1, 0.15) is 50.8 Å². The number of imidazole rings is 1. The highest BCUT2D eigenvalue weighted by Gasteiger charge is 2.27. The monoisotopic (exact) mass is 701 g/mol. The molecule has 22 heteroatoms. The van der Waals surface area contributed by atoms with Crippen LogP contribution in [0.3, 0.4) is 0 Å². The molecule has 0 bridgehead atoms. The van der Waals surface area contributed by atoms with E-state index in [1.54, 1.807) is 0 Å². The molecule has 0 saturated carbocycles. The predicted octanol–water partition coefficient (Wildman–Crippen LogP) is -2.44. The number of unbranched alkanes of at least 4 members (excludes halogenated alkanes) is 1. The fourth-order valence-corrected chi connectivity index (χ4v) is 4.19. The van der Waals surface area contributed by atoms with Gasteiger partial charge in [0.2, 0.25) is 11.8 Å². The van der Waals surface area contributed by atoms with Crippen molar-refractivity contribution in [2.75, 3.05) is 19.6 Å².